The second kappa shape index (κ2) is 15.4. The van der Waals surface area contributed by atoms with E-state index in [0.29, 0.717) is 19.6 Å². The number of rotatable bonds is 14. The number of piperazine rings is 1. The van der Waals surface area contributed by atoms with Crippen LogP contribution in [0, 0.1) is 0 Å². The lowest BCUT2D eigenvalue weighted by Crippen LogP contribution is -2.73. The van der Waals surface area contributed by atoms with E-state index in [-0.39, 0.29) is 11.8 Å². The number of aryl methyl sites for hydroxylation is 1. The summed E-state index contributed by atoms with van der Waals surface area (Å²) in [7, 11) is 1.83. The Labute approximate surface area is 264 Å². The highest BCUT2D eigenvalue weighted by Crippen LogP contribution is 2.37. The van der Waals surface area contributed by atoms with Crippen molar-refractivity contribution in [3.05, 3.63) is 102 Å². The second-order valence-corrected chi connectivity index (χ2v) is 12.6. The van der Waals surface area contributed by atoms with E-state index in [9.17, 15) is 9.59 Å². The highest BCUT2D eigenvalue weighted by atomic mass is 16.5. The summed E-state index contributed by atoms with van der Waals surface area (Å²) in [6.07, 6.45) is 8.84. The average Bonchev–Trinajstić information content (AvgIpc) is 3.07. The number of carbonyl (C=O) groups is 2. The number of unbranched alkanes of at least 4 members (excludes halogenated alkanes) is 3. The highest BCUT2D eigenvalue weighted by molar-refractivity contribution is 6.00. The number of hydrogen-bond donors (Lipinski definition) is 0. The van der Waals surface area contributed by atoms with Gasteiger partial charge in [-0.15, -0.1) is 0 Å². The second-order valence-electron chi connectivity index (χ2n) is 12.6. The van der Waals surface area contributed by atoms with Crippen LogP contribution in [0.25, 0.3) is 0 Å². The lowest BCUT2D eigenvalue weighted by molar-refractivity contribution is -0.173. The Morgan fingerprint density at radius 1 is 0.750 bits per heavy atom. The van der Waals surface area contributed by atoms with Gasteiger partial charge in [-0.1, -0.05) is 92.6 Å². The Morgan fingerprint density at radius 2 is 1.39 bits per heavy atom. The summed E-state index contributed by atoms with van der Waals surface area (Å²) < 4.78 is 5.94. The number of benzene rings is 3. The van der Waals surface area contributed by atoms with Gasteiger partial charge in [-0.3, -0.25) is 9.59 Å². The lowest BCUT2D eigenvalue weighted by atomic mass is 9.80. The third-order valence-corrected chi connectivity index (χ3v) is 9.52. The van der Waals surface area contributed by atoms with Crippen LogP contribution in [0.3, 0.4) is 0 Å². The predicted molar refractivity (Wildman–Crippen MR) is 177 cm³/mol. The number of amides is 2. The molecule has 2 fully saturated rings. The van der Waals surface area contributed by atoms with Gasteiger partial charge in [0.25, 0.3) is 0 Å². The number of likely N-dealkylation sites (N-methyl/N-ethyl adjacent to an activating group) is 1. The minimum absolute atomic E-state index is 0.0882. The zero-order valence-corrected chi connectivity index (χ0v) is 26.6. The molecule has 0 radical (unpaired) electrons. The van der Waals surface area contributed by atoms with Gasteiger partial charge in [0.15, 0.2) is 0 Å². The van der Waals surface area contributed by atoms with Crippen LogP contribution in [-0.2, 0) is 29.0 Å². The zero-order valence-electron chi connectivity index (χ0n) is 26.6. The van der Waals surface area contributed by atoms with Crippen molar-refractivity contribution in [2.24, 2.45) is 0 Å². The van der Waals surface area contributed by atoms with E-state index < -0.39 is 11.6 Å². The Bertz CT molecular complexity index is 1320. The minimum atomic E-state index is -0.709. The van der Waals surface area contributed by atoms with Crippen LogP contribution < -0.4 is 4.74 Å². The molecule has 2 amide bonds. The molecule has 0 saturated carbocycles. The van der Waals surface area contributed by atoms with Crippen LogP contribution in [0.2, 0.25) is 0 Å². The van der Waals surface area contributed by atoms with Crippen LogP contribution >= 0.6 is 0 Å². The number of hydrogen-bond acceptors (Lipinski definition) is 4. The standard InChI is InChI=1S/C38H49N3O3/c1-3-25-41-36(42)35(29-32-19-21-34(22-20-32)44-30-33-17-11-7-12-18-33)39(2)37(43)38(41)23-27-40(28-24-38)26-13-5-4-8-14-31-15-9-6-10-16-31/h6-7,9-12,15-22,35H,3-5,8,13-14,23-30H2,1-2H3/t35-/m0/s1. The number of piperidine rings is 1. The quantitative estimate of drug-likeness (QED) is 0.199. The van der Waals surface area contributed by atoms with Gasteiger partial charge in [0.2, 0.25) is 11.8 Å². The molecule has 0 N–H and O–H groups in total. The van der Waals surface area contributed by atoms with Crippen molar-refractivity contribution in [3.63, 3.8) is 0 Å². The summed E-state index contributed by atoms with van der Waals surface area (Å²) in [5, 5.41) is 0. The molecule has 44 heavy (non-hydrogen) atoms. The van der Waals surface area contributed by atoms with Crippen LogP contribution in [0.15, 0.2) is 84.9 Å². The van der Waals surface area contributed by atoms with E-state index in [1.165, 1.54) is 31.2 Å². The summed E-state index contributed by atoms with van der Waals surface area (Å²) in [6, 6.07) is 28.3. The summed E-state index contributed by atoms with van der Waals surface area (Å²) in [5.74, 6) is 0.992. The van der Waals surface area contributed by atoms with E-state index in [2.05, 4.69) is 42.2 Å². The van der Waals surface area contributed by atoms with Crippen LogP contribution in [0.4, 0.5) is 0 Å². The molecule has 2 aliphatic heterocycles. The van der Waals surface area contributed by atoms with Crippen molar-refractivity contribution < 1.29 is 14.3 Å². The topological polar surface area (TPSA) is 53.1 Å². The number of nitrogens with zero attached hydrogens (tertiary/aromatic N) is 3. The first-order chi connectivity index (χ1) is 21.5. The molecule has 3 aromatic carbocycles. The fraction of sp³-hybridized carbons (Fsp3) is 0.474. The molecular weight excluding hydrogens is 546 g/mol. The van der Waals surface area contributed by atoms with E-state index in [0.717, 1.165) is 62.2 Å². The molecule has 6 heteroatoms. The molecule has 0 aliphatic carbocycles. The first-order valence-electron chi connectivity index (χ1n) is 16.6. The van der Waals surface area contributed by atoms with Gasteiger partial charge < -0.3 is 19.4 Å². The van der Waals surface area contributed by atoms with Gasteiger partial charge in [0.05, 0.1) is 0 Å². The number of likely N-dealkylation sites (tertiary alicyclic amines) is 1. The minimum Gasteiger partial charge on any atom is -0.489 e. The van der Waals surface area contributed by atoms with Crippen molar-refractivity contribution in [2.45, 2.75) is 82.9 Å². The van der Waals surface area contributed by atoms with Gasteiger partial charge in [0, 0.05) is 33.1 Å². The molecule has 234 valence electrons. The maximum Gasteiger partial charge on any atom is 0.249 e. The molecule has 5 rings (SSSR count). The third-order valence-electron chi connectivity index (χ3n) is 9.52. The molecule has 0 unspecified atom stereocenters. The Hall–Kier alpha value is -3.64. The Morgan fingerprint density at radius 3 is 2.05 bits per heavy atom. The van der Waals surface area contributed by atoms with Crippen LogP contribution in [0.5, 0.6) is 5.75 Å². The van der Waals surface area contributed by atoms with Gasteiger partial charge in [-0.2, -0.15) is 0 Å². The molecule has 2 aliphatic rings. The smallest absolute Gasteiger partial charge is 0.249 e. The normalized spacial score (nSPS) is 18.6. The van der Waals surface area contributed by atoms with E-state index in [1.54, 1.807) is 4.90 Å². The molecular formula is C38H49N3O3. The van der Waals surface area contributed by atoms with E-state index in [4.69, 9.17) is 4.74 Å². The summed E-state index contributed by atoms with van der Waals surface area (Å²) in [5.41, 5.74) is 2.86. The molecule has 1 atom stereocenters. The average molecular weight is 596 g/mol. The predicted octanol–water partition coefficient (Wildman–Crippen LogP) is 6.53. The maximum atomic E-state index is 14.1. The number of carbonyl (C=O) groups excluding carboxylic acids is 2. The first kappa shape index (κ1) is 31.8. The Kier molecular flexibility index (Phi) is 11.1. The Balaban J connectivity index is 1.12. The first-order valence-corrected chi connectivity index (χ1v) is 16.6. The third kappa shape index (κ3) is 7.71. The van der Waals surface area contributed by atoms with Gasteiger partial charge in [0.1, 0.15) is 23.9 Å². The van der Waals surface area contributed by atoms with E-state index in [1.807, 2.05) is 66.5 Å². The van der Waals surface area contributed by atoms with E-state index >= 15 is 0 Å². The van der Waals surface area contributed by atoms with Crippen molar-refractivity contribution in [2.75, 3.05) is 33.2 Å². The van der Waals surface area contributed by atoms with Crippen molar-refractivity contribution >= 4 is 11.8 Å². The number of ether oxygens (including phenoxy) is 1. The van der Waals surface area contributed by atoms with Gasteiger partial charge in [-0.05, 0) is 73.9 Å². The summed E-state index contributed by atoms with van der Waals surface area (Å²) in [4.78, 5) is 34.3. The lowest BCUT2D eigenvalue weighted by Gasteiger charge is -2.54. The fourth-order valence-electron chi connectivity index (χ4n) is 6.89. The van der Waals surface area contributed by atoms with Crippen molar-refractivity contribution in [1.29, 1.82) is 0 Å². The molecule has 6 nitrogen and oxygen atoms in total. The van der Waals surface area contributed by atoms with Crippen molar-refractivity contribution in [1.82, 2.24) is 14.7 Å². The van der Waals surface area contributed by atoms with Crippen LogP contribution in [0.1, 0.15) is 68.6 Å². The highest BCUT2D eigenvalue weighted by Gasteiger charge is 2.55. The monoisotopic (exact) mass is 595 g/mol. The molecule has 0 bridgehead atoms. The van der Waals surface area contributed by atoms with Gasteiger partial charge in [-0.25, -0.2) is 0 Å². The van der Waals surface area contributed by atoms with Gasteiger partial charge >= 0.3 is 0 Å². The molecule has 1 spiro atoms. The van der Waals surface area contributed by atoms with Crippen molar-refractivity contribution in [3.8, 4) is 5.75 Å². The molecule has 2 saturated heterocycles. The summed E-state index contributed by atoms with van der Waals surface area (Å²) >= 11 is 0. The molecule has 0 aromatic heterocycles. The largest absolute Gasteiger partial charge is 0.489 e. The van der Waals surface area contributed by atoms with Crippen LogP contribution in [-0.4, -0.2) is 71.3 Å². The zero-order chi connectivity index (χ0) is 30.8. The summed E-state index contributed by atoms with van der Waals surface area (Å²) in [6.45, 7) is 6.04. The SMILES string of the molecule is CCCN1C(=O)[C@H](Cc2ccc(OCc3ccccc3)cc2)N(C)C(=O)C12CCN(CCCCCCc1ccccc1)CC2. The maximum absolute atomic E-state index is 14.1. The fourth-order valence-corrected chi connectivity index (χ4v) is 6.89. The molecule has 3 aromatic rings. The molecule has 2 heterocycles.